The van der Waals surface area contributed by atoms with E-state index >= 15 is 0 Å². The van der Waals surface area contributed by atoms with Crippen LogP contribution in [0.25, 0.3) is 0 Å². The van der Waals surface area contributed by atoms with Crippen LogP contribution in [0.2, 0.25) is 0 Å². The summed E-state index contributed by atoms with van der Waals surface area (Å²) in [6, 6.07) is 4.96. The van der Waals surface area contributed by atoms with Crippen molar-refractivity contribution in [1.29, 1.82) is 0 Å². The second-order valence-corrected chi connectivity index (χ2v) is 8.76. The predicted octanol–water partition coefficient (Wildman–Crippen LogP) is 2.45. The Morgan fingerprint density at radius 3 is 2.50 bits per heavy atom. The normalized spacial score (nSPS) is 20.7. The number of aromatic nitrogens is 2. The molecule has 1 unspecified atom stereocenters. The highest BCUT2D eigenvalue weighted by molar-refractivity contribution is 7.92. The first kappa shape index (κ1) is 20.1. The Morgan fingerprint density at radius 1 is 1.32 bits per heavy atom. The zero-order chi connectivity index (χ0) is 20.7. The van der Waals surface area contributed by atoms with E-state index in [4.69, 9.17) is 4.74 Å². The highest BCUT2D eigenvalue weighted by atomic mass is 32.2. The van der Waals surface area contributed by atoms with Crippen molar-refractivity contribution in [3.63, 3.8) is 0 Å². The third kappa shape index (κ3) is 3.80. The standard InChI is InChI=1S/C15H14F3N3O6S/c1-14(8-20-6-12(21(22)23)19-13(20)28(14,24)25)9-26-7-10-2-4-11(5-3-10)27-15(16,17)18/h2-6H,7-9H2,1H3. The lowest BCUT2D eigenvalue weighted by atomic mass is 10.2. The molecular weight excluding hydrogens is 407 g/mol. The van der Waals surface area contributed by atoms with E-state index in [0.717, 1.165) is 18.3 Å². The minimum atomic E-state index is -4.79. The zero-order valence-corrected chi connectivity index (χ0v) is 15.2. The molecule has 0 radical (unpaired) electrons. The average molecular weight is 421 g/mol. The minimum Gasteiger partial charge on any atom is -0.406 e. The quantitative estimate of drug-likeness (QED) is 0.520. The van der Waals surface area contributed by atoms with Crippen LogP contribution in [0.3, 0.4) is 0 Å². The predicted molar refractivity (Wildman–Crippen MR) is 87.3 cm³/mol. The molecule has 1 aliphatic rings. The van der Waals surface area contributed by atoms with Gasteiger partial charge in [0.05, 0.1) is 13.2 Å². The van der Waals surface area contributed by atoms with Gasteiger partial charge in [-0.15, -0.1) is 13.2 Å². The second kappa shape index (κ2) is 6.74. The fourth-order valence-electron chi connectivity index (χ4n) is 2.76. The molecule has 13 heteroatoms. The monoisotopic (exact) mass is 421 g/mol. The maximum Gasteiger partial charge on any atom is 0.573 e. The van der Waals surface area contributed by atoms with Crippen molar-refractivity contribution in [2.24, 2.45) is 0 Å². The molecule has 0 N–H and O–H groups in total. The van der Waals surface area contributed by atoms with Gasteiger partial charge in [-0.3, -0.25) is 4.57 Å². The lowest BCUT2D eigenvalue weighted by molar-refractivity contribution is -0.389. The first-order chi connectivity index (χ1) is 12.9. The minimum absolute atomic E-state index is 0.0418. The molecule has 0 bridgehead atoms. The first-order valence-corrected chi connectivity index (χ1v) is 9.28. The Kier molecular flexibility index (Phi) is 4.83. The fraction of sp³-hybridized carbons (Fsp3) is 0.400. The molecule has 1 aromatic carbocycles. The Bertz CT molecular complexity index is 1000. The van der Waals surface area contributed by atoms with Crippen molar-refractivity contribution in [3.05, 3.63) is 46.1 Å². The molecule has 9 nitrogen and oxygen atoms in total. The SMILES string of the molecule is CC1(COCc2ccc(OC(F)(F)F)cc2)Cn2cc([N+](=O)[O-])nc2S1(=O)=O. The number of ether oxygens (including phenoxy) is 2. The van der Waals surface area contributed by atoms with E-state index in [1.165, 1.54) is 23.6 Å². The third-order valence-corrected chi connectivity index (χ3v) is 6.49. The van der Waals surface area contributed by atoms with E-state index in [-0.39, 0.29) is 30.7 Å². The van der Waals surface area contributed by atoms with Gasteiger partial charge >= 0.3 is 17.3 Å². The van der Waals surface area contributed by atoms with Crippen LogP contribution in [-0.4, -0.2) is 40.6 Å². The molecular formula is C15H14F3N3O6S. The molecule has 1 aromatic heterocycles. The van der Waals surface area contributed by atoms with E-state index in [2.05, 4.69) is 9.72 Å². The van der Waals surface area contributed by atoms with Crippen molar-refractivity contribution >= 4 is 15.7 Å². The van der Waals surface area contributed by atoms with E-state index in [1.54, 1.807) is 0 Å². The number of rotatable bonds is 6. The number of sulfone groups is 1. The smallest absolute Gasteiger partial charge is 0.406 e. The Balaban J connectivity index is 1.63. The lowest BCUT2D eigenvalue weighted by Crippen LogP contribution is -2.38. The van der Waals surface area contributed by atoms with Gasteiger partial charge in [-0.25, -0.2) is 8.42 Å². The van der Waals surface area contributed by atoms with Crippen molar-refractivity contribution in [2.45, 2.75) is 36.3 Å². The molecule has 1 aliphatic heterocycles. The summed E-state index contributed by atoms with van der Waals surface area (Å²) in [4.78, 5) is 13.5. The summed E-state index contributed by atoms with van der Waals surface area (Å²) in [6.07, 6.45) is -3.74. The summed E-state index contributed by atoms with van der Waals surface area (Å²) < 4.78 is 70.8. The topological polar surface area (TPSA) is 114 Å². The average Bonchev–Trinajstić information content (AvgIpc) is 3.06. The van der Waals surface area contributed by atoms with Crippen LogP contribution in [0.4, 0.5) is 19.0 Å². The van der Waals surface area contributed by atoms with Gasteiger partial charge in [0.1, 0.15) is 16.7 Å². The zero-order valence-electron chi connectivity index (χ0n) is 14.3. The molecule has 0 amide bonds. The number of alkyl halides is 3. The van der Waals surface area contributed by atoms with Crippen LogP contribution in [0.1, 0.15) is 12.5 Å². The molecule has 3 rings (SSSR count). The number of nitro groups is 1. The van der Waals surface area contributed by atoms with Crippen molar-refractivity contribution in [2.75, 3.05) is 6.61 Å². The van der Waals surface area contributed by atoms with Gasteiger partial charge in [0.25, 0.3) is 0 Å². The van der Waals surface area contributed by atoms with Gasteiger partial charge in [0.15, 0.2) is 0 Å². The number of hydrogen-bond donors (Lipinski definition) is 0. The van der Waals surface area contributed by atoms with Gasteiger partial charge in [-0.2, -0.15) is 0 Å². The number of hydrogen-bond acceptors (Lipinski definition) is 7. The molecule has 2 heterocycles. The maximum absolute atomic E-state index is 12.7. The van der Waals surface area contributed by atoms with Gasteiger partial charge in [-0.1, -0.05) is 12.1 Å². The molecule has 0 aliphatic carbocycles. The second-order valence-electron chi connectivity index (χ2n) is 6.40. The molecule has 0 fully saturated rings. The molecule has 0 spiro atoms. The van der Waals surface area contributed by atoms with Gasteiger partial charge < -0.3 is 19.6 Å². The van der Waals surface area contributed by atoms with Crippen molar-refractivity contribution in [1.82, 2.24) is 9.55 Å². The number of fused-ring (bicyclic) bond motifs is 1. The molecule has 1 atom stereocenters. The van der Waals surface area contributed by atoms with Crippen LogP contribution in [0.5, 0.6) is 5.75 Å². The highest BCUT2D eigenvalue weighted by Crippen LogP contribution is 2.36. The number of benzene rings is 1. The summed E-state index contributed by atoms with van der Waals surface area (Å²) >= 11 is 0. The van der Waals surface area contributed by atoms with Crippen molar-refractivity contribution < 1.29 is 36.0 Å². The summed E-state index contributed by atoms with van der Waals surface area (Å²) in [5, 5.41) is 10.4. The molecule has 152 valence electrons. The Morgan fingerprint density at radius 2 is 1.96 bits per heavy atom. The highest BCUT2D eigenvalue weighted by Gasteiger charge is 2.53. The molecule has 0 saturated heterocycles. The first-order valence-electron chi connectivity index (χ1n) is 7.80. The maximum atomic E-state index is 12.7. The van der Waals surface area contributed by atoms with Crippen molar-refractivity contribution in [3.8, 4) is 5.75 Å². The van der Waals surface area contributed by atoms with Crippen LogP contribution in [-0.2, 0) is 27.7 Å². The summed E-state index contributed by atoms with van der Waals surface area (Å²) in [6.45, 7) is 1.10. The third-order valence-electron chi connectivity index (χ3n) is 4.14. The summed E-state index contributed by atoms with van der Waals surface area (Å²) in [5.41, 5.74) is 0.516. The van der Waals surface area contributed by atoms with Crippen LogP contribution in [0, 0.1) is 10.1 Å². The van der Waals surface area contributed by atoms with Gasteiger partial charge in [0.2, 0.25) is 9.84 Å². The number of halogens is 3. The number of nitrogens with zero attached hydrogens (tertiary/aromatic N) is 3. The van der Waals surface area contributed by atoms with Gasteiger partial charge in [-0.05, 0) is 34.5 Å². The Labute approximate surface area is 156 Å². The summed E-state index contributed by atoms with van der Waals surface area (Å²) in [5.74, 6) is -0.934. The van der Waals surface area contributed by atoms with Gasteiger partial charge in [0, 0.05) is 6.54 Å². The lowest BCUT2D eigenvalue weighted by Gasteiger charge is -2.21. The van der Waals surface area contributed by atoms with Crippen LogP contribution < -0.4 is 4.74 Å². The molecule has 28 heavy (non-hydrogen) atoms. The number of imidazole rings is 1. The molecule has 0 saturated carbocycles. The van der Waals surface area contributed by atoms with Crippen LogP contribution in [0.15, 0.2) is 35.6 Å². The van der Waals surface area contributed by atoms with E-state index in [1.807, 2.05) is 0 Å². The largest absolute Gasteiger partial charge is 0.573 e. The Hall–Kier alpha value is -2.67. The van der Waals surface area contributed by atoms with E-state index in [0.29, 0.717) is 5.56 Å². The summed E-state index contributed by atoms with van der Waals surface area (Å²) in [7, 11) is -3.96. The van der Waals surface area contributed by atoms with Crippen LogP contribution >= 0.6 is 0 Å². The van der Waals surface area contributed by atoms with E-state index in [9.17, 15) is 31.7 Å². The molecule has 2 aromatic rings. The fourth-order valence-corrected chi connectivity index (χ4v) is 4.39. The van der Waals surface area contributed by atoms with E-state index < -0.39 is 31.7 Å².